The van der Waals surface area contributed by atoms with Crippen LogP contribution in [0.4, 0.5) is 11.4 Å². The molecule has 7 nitrogen and oxygen atoms in total. The summed E-state index contributed by atoms with van der Waals surface area (Å²) in [7, 11) is 0. The quantitative estimate of drug-likeness (QED) is 0.712. The van der Waals surface area contributed by atoms with E-state index >= 15 is 0 Å². The maximum absolute atomic E-state index is 12.1. The Labute approximate surface area is 171 Å². The molecule has 3 rings (SSSR count). The van der Waals surface area contributed by atoms with E-state index in [-0.39, 0.29) is 31.4 Å². The molecule has 0 saturated carbocycles. The second kappa shape index (κ2) is 8.43. The first-order valence-corrected chi connectivity index (χ1v) is 9.51. The van der Waals surface area contributed by atoms with Crippen LogP contribution in [-0.2, 0) is 14.4 Å². The van der Waals surface area contributed by atoms with Crippen LogP contribution in [0.2, 0.25) is 0 Å². The summed E-state index contributed by atoms with van der Waals surface area (Å²) >= 11 is 3.42. The summed E-state index contributed by atoms with van der Waals surface area (Å²) in [6.07, 6.45) is 0.128. The zero-order chi connectivity index (χ0) is 20.3. The number of hydrogen-bond acceptors (Lipinski definition) is 4. The summed E-state index contributed by atoms with van der Waals surface area (Å²) in [6.45, 7) is 2.08. The van der Waals surface area contributed by atoms with E-state index in [1.54, 1.807) is 30.3 Å². The van der Waals surface area contributed by atoms with Crippen LogP contribution < -0.4 is 20.7 Å². The number of hydrogen-bond donors (Lipinski definition) is 2. The molecule has 146 valence electrons. The molecule has 28 heavy (non-hydrogen) atoms. The van der Waals surface area contributed by atoms with Gasteiger partial charge in [-0.2, -0.15) is 0 Å². The summed E-state index contributed by atoms with van der Waals surface area (Å²) in [5.41, 5.74) is 7.66. The molecule has 8 heteroatoms. The van der Waals surface area contributed by atoms with Gasteiger partial charge in [-0.25, -0.2) is 0 Å². The van der Waals surface area contributed by atoms with Gasteiger partial charge in [-0.05, 0) is 55.0 Å². The fourth-order valence-electron chi connectivity index (χ4n) is 2.94. The normalized spacial score (nSPS) is 16.1. The molecule has 0 aromatic heterocycles. The Morgan fingerprint density at radius 3 is 2.57 bits per heavy atom. The minimum Gasteiger partial charge on any atom is -0.484 e. The van der Waals surface area contributed by atoms with Crippen LogP contribution in [0.15, 0.2) is 46.9 Å². The van der Waals surface area contributed by atoms with E-state index in [0.29, 0.717) is 17.1 Å². The third kappa shape index (κ3) is 4.69. The van der Waals surface area contributed by atoms with Crippen molar-refractivity contribution >= 4 is 45.0 Å². The average Bonchev–Trinajstić information content (AvgIpc) is 3.06. The third-order valence-electron chi connectivity index (χ3n) is 4.49. The summed E-state index contributed by atoms with van der Waals surface area (Å²) in [5, 5.41) is 2.78. The lowest BCUT2D eigenvalue weighted by Gasteiger charge is -2.16. The molecular weight excluding hydrogens is 426 g/mol. The Morgan fingerprint density at radius 2 is 1.96 bits per heavy atom. The molecule has 1 aliphatic rings. The number of ether oxygens (including phenoxy) is 1. The Morgan fingerprint density at radius 1 is 1.25 bits per heavy atom. The van der Waals surface area contributed by atoms with Crippen molar-refractivity contribution < 1.29 is 19.1 Å². The standard InChI is InChI=1S/C20H20BrN3O4/c1-12-8-14(2-7-17(12)21)23-18(25)11-28-16-5-3-15(4-6-16)24-10-13(20(22)27)9-19(24)26/h2-8,13H,9-11H2,1H3,(H2,22,27)(H,23,25)/t13-/m1/s1. The number of benzene rings is 2. The number of anilines is 2. The molecule has 1 atom stereocenters. The predicted molar refractivity (Wildman–Crippen MR) is 109 cm³/mol. The van der Waals surface area contributed by atoms with Crippen molar-refractivity contribution in [2.75, 3.05) is 23.4 Å². The van der Waals surface area contributed by atoms with E-state index < -0.39 is 11.8 Å². The van der Waals surface area contributed by atoms with E-state index in [9.17, 15) is 14.4 Å². The van der Waals surface area contributed by atoms with Crippen molar-refractivity contribution in [3.05, 3.63) is 52.5 Å². The highest BCUT2D eigenvalue weighted by Crippen LogP contribution is 2.26. The number of carbonyl (C=O) groups excluding carboxylic acids is 3. The van der Waals surface area contributed by atoms with Crippen molar-refractivity contribution in [2.45, 2.75) is 13.3 Å². The second-order valence-corrected chi connectivity index (χ2v) is 7.46. The Hall–Kier alpha value is -2.87. The first kappa shape index (κ1) is 19.9. The Bertz CT molecular complexity index is 914. The van der Waals surface area contributed by atoms with Gasteiger partial charge in [0.05, 0.1) is 5.92 Å². The van der Waals surface area contributed by atoms with Crippen molar-refractivity contribution in [3.63, 3.8) is 0 Å². The molecule has 1 aliphatic heterocycles. The van der Waals surface area contributed by atoms with Gasteiger partial charge in [-0.3, -0.25) is 14.4 Å². The van der Waals surface area contributed by atoms with Crippen LogP contribution in [0.5, 0.6) is 5.75 Å². The maximum atomic E-state index is 12.1. The number of carbonyl (C=O) groups is 3. The Kier molecular flexibility index (Phi) is 5.99. The van der Waals surface area contributed by atoms with E-state index in [2.05, 4.69) is 21.2 Å². The first-order valence-electron chi connectivity index (χ1n) is 8.72. The van der Waals surface area contributed by atoms with Gasteiger partial charge >= 0.3 is 0 Å². The molecule has 0 radical (unpaired) electrons. The van der Waals surface area contributed by atoms with Crippen molar-refractivity contribution in [3.8, 4) is 5.75 Å². The molecule has 0 aliphatic carbocycles. The molecule has 1 saturated heterocycles. The largest absolute Gasteiger partial charge is 0.484 e. The van der Waals surface area contributed by atoms with Crippen LogP contribution in [0.25, 0.3) is 0 Å². The van der Waals surface area contributed by atoms with Crippen LogP contribution in [0.1, 0.15) is 12.0 Å². The van der Waals surface area contributed by atoms with Gasteiger partial charge in [0.2, 0.25) is 11.8 Å². The van der Waals surface area contributed by atoms with Crippen molar-refractivity contribution in [1.82, 2.24) is 0 Å². The SMILES string of the molecule is Cc1cc(NC(=O)COc2ccc(N3C[C@H](C(N)=O)CC3=O)cc2)ccc1Br. The molecule has 0 spiro atoms. The van der Waals surface area contributed by atoms with Gasteiger partial charge in [0, 0.05) is 28.8 Å². The molecule has 1 fully saturated rings. The van der Waals surface area contributed by atoms with Crippen LogP contribution in [-0.4, -0.2) is 30.9 Å². The zero-order valence-electron chi connectivity index (χ0n) is 15.3. The van der Waals surface area contributed by atoms with E-state index in [1.165, 1.54) is 4.90 Å². The molecular formula is C20H20BrN3O4. The fraction of sp³-hybridized carbons (Fsp3) is 0.250. The summed E-state index contributed by atoms with van der Waals surface area (Å²) < 4.78 is 6.47. The number of halogens is 1. The first-order chi connectivity index (χ1) is 13.3. The van der Waals surface area contributed by atoms with Gasteiger partial charge in [-0.15, -0.1) is 0 Å². The molecule has 2 aromatic rings. The number of rotatable bonds is 6. The average molecular weight is 446 g/mol. The number of amides is 3. The number of nitrogens with two attached hydrogens (primary N) is 1. The Balaban J connectivity index is 1.54. The molecule has 1 heterocycles. The van der Waals surface area contributed by atoms with Gasteiger partial charge in [-0.1, -0.05) is 15.9 Å². The van der Waals surface area contributed by atoms with Crippen molar-refractivity contribution in [2.24, 2.45) is 11.7 Å². The smallest absolute Gasteiger partial charge is 0.262 e. The van der Waals surface area contributed by atoms with Gasteiger partial charge in [0.1, 0.15) is 5.75 Å². The minimum absolute atomic E-state index is 0.128. The van der Waals surface area contributed by atoms with E-state index in [4.69, 9.17) is 10.5 Å². The molecule has 3 amide bonds. The lowest BCUT2D eigenvalue weighted by Crippen LogP contribution is -2.28. The number of primary amides is 1. The molecule has 3 N–H and O–H groups in total. The minimum atomic E-state index is -0.470. The van der Waals surface area contributed by atoms with E-state index in [1.807, 2.05) is 19.1 Å². The third-order valence-corrected chi connectivity index (χ3v) is 5.38. The topological polar surface area (TPSA) is 102 Å². The monoisotopic (exact) mass is 445 g/mol. The fourth-order valence-corrected chi connectivity index (χ4v) is 3.19. The van der Waals surface area contributed by atoms with Gasteiger partial charge < -0.3 is 20.7 Å². The molecule has 0 bridgehead atoms. The molecule has 0 unspecified atom stereocenters. The maximum Gasteiger partial charge on any atom is 0.262 e. The highest BCUT2D eigenvalue weighted by atomic mass is 79.9. The summed E-state index contributed by atoms with van der Waals surface area (Å²) in [4.78, 5) is 36.9. The van der Waals surface area contributed by atoms with E-state index in [0.717, 1.165) is 10.0 Å². The second-order valence-electron chi connectivity index (χ2n) is 6.60. The van der Waals surface area contributed by atoms with Gasteiger partial charge in [0.25, 0.3) is 5.91 Å². The van der Waals surface area contributed by atoms with Crippen LogP contribution >= 0.6 is 15.9 Å². The molecule has 2 aromatic carbocycles. The highest BCUT2D eigenvalue weighted by molar-refractivity contribution is 9.10. The number of aryl methyl sites for hydroxylation is 1. The van der Waals surface area contributed by atoms with Gasteiger partial charge in [0.15, 0.2) is 6.61 Å². The van der Waals surface area contributed by atoms with Crippen LogP contribution in [0, 0.1) is 12.8 Å². The highest BCUT2D eigenvalue weighted by Gasteiger charge is 2.33. The summed E-state index contributed by atoms with van der Waals surface area (Å²) in [6, 6.07) is 12.3. The predicted octanol–water partition coefficient (Wildman–Crippen LogP) is 2.61. The zero-order valence-corrected chi connectivity index (χ0v) is 16.9. The number of nitrogens with zero attached hydrogens (tertiary/aromatic N) is 1. The lowest BCUT2D eigenvalue weighted by atomic mass is 10.1. The van der Waals surface area contributed by atoms with Crippen LogP contribution in [0.3, 0.4) is 0 Å². The van der Waals surface area contributed by atoms with Crippen molar-refractivity contribution in [1.29, 1.82) is 0 Å². The summed E-state index contributed by atoms with van der Waals surface area (Å²) in [5.74, 6) is -0.840. The lowest BCUT2D eigenvalue weighted by molar-refractivity contribution is -0.123. The number of nitrogens with one attached hydrogen (secondary N) is 1.